The van der Waals surface area contributed by atoms with Crippen molar-refractivity contribution < 1.29 is 9.18 Å². The number of fused-ring (bicyclic) bond motifs is 1. The van der Waals surface area contributed by atoms with E-state index in [9.17, 15) is 14.4 Å². The van der Waals surface area contributed by atoms with E-state index in [4.69, 9.17) is 4.98 Å². The summed E-state index contributed by atoms with van der Waals surface area (Å²) >= 11 is 0. The smallest absolute Gasteiger partial charge is 0.253 e. The molecule has 6 nitrogen and oxygen atoms in total. The molecule has 3 aromatic rings. The van der Waals surface area contributed by atoms with Crippen molar-refractivity contribution >= 4 is 16.9 Å². The van der Waals surface area contributed by atoms with Crippen LogP contribution in [-0.4, -0.2) is 20.7 Å². The number of rotatable bonds is 4. The van der Waals surface area contributed by atoms with Gasteiger partial charge in [0.05, 0.1) is 28.3 Å². The van der Waals surface area contributed by atoms with Crippen LogP contribution in [0, 0.1) is 24.1 Å². The molecule has 0 aliphatic heterocycles. The van der Waals surface area contributed by atoms with Gasteiger partial charge in [-0.15, -0.1) is 0 Å². The van der Waals surface area contributed by atoms with Crippen molar-refractivity contribution in [3.8, 4) is 6.07 Å². The summed E-state index contributed by atoms with van der Waals surface area (Å²) in [5.74, 6) is -0.627. The first-order chi connectivity index (χ1) is 14.2. The van der Waals surface area contributed by atoms with E-state index >= 15 is 0 Å². The number of nitriles is 1. The van der Waals surface area contributed by atoms with Crippen molar-refractivity contribution in [3.63, 3.8) is 0 Å². The number of nitrogens with zero attached hydrogens (tertiary/aromatic N) is 4. The van der Waals surface area contributed by atoms with Gasteiger partial charge in [0, 0.05) is 17.2 Å². The van der Waals surface area contributed by atoms with Crippen molar-refractivity contribution in [2.45, 2.75) is 58.0 Å². The number of benzene rings is 1. The Morgan fingerprint density at radius 1 is 1.33 bits per heavy atom. The van der Waals surface area contributed by atoms with E-state index in [1.807, 2.05) is 38.4 Å². The van der Waals surface area contributed by atoms with Gasteiger partial charge < -0.3 is 5.32 Å². The first kappa shape index (κ1) is 20.0. The Morgan fingerprint density at radius 3 is 2.63 bits per heavy atom. The third-order valence-electron chi connectivity index (χ3n) is 5.33. The number of amides is 1. The second-order valence-corrected chi connectivity index (χ2v) is 8.79. The van der Waals surface area contributed by atoms with Gasteiger partial charge in [-0.3, -0.25) is 4.79 Å². The summed E-state index contributed by atoms with van der Waals surface area (Å²) in [6, 6.07) is 8.67. The zero-order chi connectivity index (χ0) is 21.6. The first-order valence-electron chi connectivity index (χ1n) is 10.1. The number of nitrogens with one attached hydrogen (secondary N) is 1. The predicted molar refractivity (Wildman–Crippen MR) is 111 cm³/mol. The van der Waals surface area contributed by atoms with E-state index in [-0.39, 0.29) is 11.1 Å². The van der Waals surface area contributed by atoms with Gasteiger partial charge in [-0.2, -0.15) is 10.4 Å². The molecule has 1 amide bonds. The largest absolute Gasteiger partial charge is 0.332 e. The van der Waals surface area contributed by atoms with Gasteiger partial charge in [0.15, 0.2) is 5.65 Å². The molecule has 1 saturated carbocycles. The molecule has 1 unspecified atom stereocenters. The van der Waals surface area contributed by atoms with Gasteiger partial charge in [-0.05, 0) is 52.7 Å². The summed E-state index contributed by atoms with van der Waals surface area (Å²) < 4.78 is 16.0. The van der Waals surface area contributed by atoms with Gasteiger partial charge in [0.1, 0.15) is 11.9 Å². The molecule has 7 heteroatoms. The van der Waals surface area contributed by atoms with Crippen LogP contribution in [0.4, 0.5) is 4.39 Å². The molecule has 1 aromatic carbocycles. The second-order valence-electron chi connectivity index (χ2n) is 8.79. The van der Waals surface area contributed by atoms with Crippen LogP contribution < -0.4 is 5.32 Å². The molecular weight excluding hydrogens is 381 g/mol. The van der Waals surface area contributed by atoms with E-state index in [1.165, 1.54) is 12.1 Å². The number of hydrogen-bond donors (Lipinski definition) is 1. The SMILES string of the molecule is Cc1nn(C(C)(C)C)c2nc(C3CC3)cc(C(=O)NC(C#N)c3ccccc3F)c12. The highest BCUT2D eigenvalue weighted by Gasteiger charge is 2.31. The Morgan fingerprint density at radius 2 is 2.03 bits per heavy atom. The third-order valence-corrected chi connectivity index (χ3v) is 5.33. The highest BCUT2D eigenvalue weighted by Crippen LogP contribution is 2.41. The molecule has 4 rings (SSSR count). The number of carbonyl (C=O) groups is 1. The molecule has 0 spiro atoms. The topological polar surface area (TPSA) is 83.6 Å². The van der Waals surface area contributed by atoms with Gasteiger partial charge in [-0.1, -0.05) is 18.2 Å². The molecule has 1 aliphatic rings. The quantitative estimate of drug-likeness (QED) is 0.692. The third kappa shape index (κ3) is 3.54. The summed E-state index contributed by atoms with van der Waals surface area (Å²) in [6.45, 7) is 7.95. The van der Waals surface area contributed by atoms with Crippen molar-refractivity contribution in [1.82, 2.24) is 20.1 Å². The van der Waals surface area contributed by atoms with E-state index in [2.05, 4.69) is 10.4 Å². The van der Waals surface area contributed by atoms with E-state index in [1.54, 1.807) is 18.2 Å². The number of pyridine rings is 1. The molecule has 2 heterocycles. The van der Waals surface area contributed by atoms with Crippen LogP contribution in [0.5, 0.6) is 0 Å². The molecule has 2 aromatic heterocycles. The fourth-order valence-corrected chi connectivity index (χ4v) is 3.64. The number of hydrogen-bond acceptors (Lipinski definition) is 4. The minimum absolute atomic E-state index is 0.142. The monoisotopic (exact) mass is 405 g/mol. The fraction of sp³-hybridized carbons (Fsp3) is 0.391. The van der Waals surface area contributed by atoms with Crippen LogP contribution in [0.2, 0.25) is 0 Å². The summed E-state index contributed by atoms with van der Waals surface area (Å²) in [6.07, 6.45) is 2.08. The molecule has 0 saturated heterocycles. The summed E-state index contributed by atoms with van der Waals surface area (Å²) in [7, 11) is 0. The standard InChI is InChI=1S/C23H24FN5O/c1-13-20-16(22(30)27-19(12-25)15-7-5-6-8-17(15)24)11-18(14-9-10-14)26-21(20)29(28-13)23(2,3)4/h5-8,11,14,19H,9-10H2,1-4H3,(H,27,30). The summed E-state index contributed by atoms with van der Waals surface area (Å²) in [4.78, 5) is 18.1. The Labute approximate surface area is 174 Å². The van der Waals surface area contributed by atoms with Gasteiger partial charge in [0.2, 0.25) is 0 Å². The first-order valence-corrected chi connectivity index (χ1v) is 10.1. The molecule has 1 atom stereocenters. The lowest BCUT2D eigenvalue weighted by atomic mass is 10.0. The lowest BCUT2D eigenvalue weighted by Crippen LogP contribution is -2.29. The normalized spacial score (nSPS) is 15.1. The minimum atomic E-state index is -1.09. The lowest BCUT2D eigenvalue weighted by Gasteiger charge is -2.20. The highest BCUT2D eigenvalue weighted by molar-refractivity contribution is 6.07. The molecule has 0 radical (unpaired) electrons. The maximum Gasteiger partial charge on any atom is 0.253 e. The van der Waals surface area contributed by atoms with Crippen molar-refractivity contribution in [1.29, 1.82) is 5.26 Å². The van der Waals surface area contributed by atoms with Gasteiger partial charge >= 0.3 is 0 Å². The van der Waals surface area contributed by atoms with Crippen LogP contribution in [0.1, 0.15) is 72.9 Å². The molecule has 0 bridgehead atoms. The molecule has 30 heavy (non-hydrogen) atoms. The van der Waals surface area contributed by atoms with Gasteiger partial charge in [-0.25, -0.2) is 14.1 Å². The average molecular weight is 405 g/mol. The summed E-state index contributed by atoms with van der Waals surface area (Å²) in [5, 5.41) is 17.6. The van der Waals surface area contributed by atoms with Crippen molar-refractivity contribution in [3.05, 3.63) is 58.7 Å². The lowest BCUT2D eigenvalue weighted by molar-refractivity contribution is 0.0946. The Hall–Kier alpha value is -3.27. The van der Waals surface area contributed by atoms with Crippen molar-refractivity contribution in [2.75, 3.05) is 0 Å². The number of halogens is 1. The molecule has 154 valence electrons. The maximum absolute atomic E-state index is 14.2. The Bertz CT molecular complexity index is 1180. The second kappa shape index (κ2) is 7.21. The maximum atomic E-state index is 14.2. The van der Waals surface area contributed by atoms with Gasteiger partial charge in [0.25, 0.3) is 5.91 Å². The zero-order valence-corrected chi connectivity index (χ0v) is 17.5. The number of aryl methyl sites for hydroxylation is 1. The van der Waals surface area contributed by atoms with Crippen LogP contribution in [-0.2, 0) is 5.54 Å². The highest BCUT2D eigenvalue weighted by atomic mass is 19.1. The van der Waals surface area contributed by atoms with E-state index < -0.39 is 17.8 Å². The van der Waals surface area contributed by atoms with E-state index in [0.29, 0.717) is 28.2 Å². The van der Waals surface area contributed by atoms with E-state index in [0.717, 1.165) is 18.5 Å². The van der Waals surface area contributed by atoms with Crippen LogP contribution in [0.3, 0.4) is 0 Å². The zero-order valence-electron chi connectivity index (χ0n) is 17.5. The fourth-order valence-electron chi connectivity index (χ4n) is 3.64. The number of carbonyl (C=O) groups excluding carboxylic acids is 1. The summed E-state index contributed by atoms with van der Waals surface area (Å²) in [5.41, 5.74) is 2.47. The average Bonchev–Trinajstić information content (AvgIpc) is 3.49. The molecule has 1 aliphatic carbocycles. The van der Waals surface area contributed by atoms with Crippen molar-refractivity contribution in [2.24, 2.45) is 0 Å². The Balaban J connectivity index is 1.81. The molecule has 1 N–H and O–H groups in total. The van der Waals surface area contributed by atoms with Crippen LogP contribution >= 0.6 is 0 Å². The Kier molecular flexibility index (Phi) is 4.81. The number of aromatic nitrogens is 3. The predicted octanol–water partition coefficient (Wildman–Crippen LogP) is 4.51. The van der Waals surface area contributed by atoms with Crippen LogP contribution in [0.25, 0.3) is 11.0 Å². The van der Waals surface area contributed by atoms with Crippen LogP contribution in [0.15, 0.2) is 30.3 Å². The molecular formula is C23H24FN5O. The molecule has 1 fully saturated rings. The minimum Gasteiger partial charge on any atom is -0.332 e.